The quantitative estimate of drug-likeness (QED) is 0.694. The van der Waals surface area contributed by atoms with Crippen LogP contribution in [0.3, 0.4) is 0 Å². The van der Waals surface area contributed by atoms with Crippen LogP contribution in [0.4, 0.5) is 10.1 Å². The normalized spacial score (nSPS) is 12.0. The number of nitrogens with one attached hydrogen (secondary N) is 2. The third-order valence-electron chi connectivity index (χ3n) is 3.27. The van der Waals surface area contributed by atoms with Gasteiger partial charge >= 0.3 is 0 Å². The number of halogens is 2. The smallest absolute Gasteiger partial charge is 0.170 e. The minimum atomic E-state index is -0.429. The number of hydrogen-bond donors (Lipinski definition) is 2. The predicted octanol–water partition coefficient (Wildman–Crippen LogP) is 4.98. The Morgan fingerprint density at radius 3 is 2.75 bits per heavy atom. The van der Waals surface area contributed by atoms with Crippen molar-refractivity contribution in [2.75, 3.05) is 11.9 Å². The van der Waals surface area contributed by atoms with Crippen LogP contribution < -0.4 is 10.6 Å². The second-order valence-electron chi connectivity index (χ2n) is 4.88. The van der Waals surface area contributed by atoms with Crippen molar-refractivity contribution in [2.45, 2.75) is 39.5 Å². The topological polar surface area (TPSA) is 24.1 Å². The molecule has 20 heavy (non-hydrogen) atoms. The summed E-state index contributed by atoms with van der Waals surface area (Å²) in [4.78, 5) is 0. The lowest BCUT2D eigenvalue weighted by molar-refractivity contribution is 0.446. The summed E-state index contributed by atoms with van der Waals surface area (Å²) in [5.41, 5.74) is 0.690. The fraction of sp³-hybridized carbons (Fsp3) is 0.533. The van der Waals surface area contributed by atoms with Crippen LogP contribution in [0, 0.1) is 11.7 Å². The molecule has 0 aliphatic heterocycles. The molecule has 0 aliphatic rings. The van der Waals surface area contributed by atoms with E-state index in [1.54, 1.807) is 6.07 Å². The first kappa shape index (κ1) is 17.2. The molecule has 112 valence electrons. The molecular formula is C15H22ClFN2S. The fourth-order valence-corrected chi connectivity index (χ4v) is 2.31. The zero-order valence-electron chi connectivity index (χ0n) is 12.0. The Morgan fingerprint density at radius 1 is 1.40 bits per heavy atom. The zero-order valence-corrected chi connectivity index (χ0v) is 13.6. The van der Waals surface area contributed by atoms with E-state index < -0.39 is 5.82 Å². The monoisotopic (exact) mass is 316 g/mol. The standard InChI is InChI=1S/C15H22ClFN2S/c1-3-5-6-11(4-2)10-18-15(20)19-12-7-8-14(17)13(16)9-12/h7-9,11H,3-6,10H2,1-2H3,(H2,18,19,20). The maximum Gasteiger partial charge on any atom is 0.170 e. The third kappa shape index (κ3) is 6.06. The highest BCUT2D eigenvalue weighted by Crippen LogP contribution is 2.19. The SMILES string of the molecule is CCCCC(CC)CNC(=S)Nc1ccc(F)c(Cl)c1. The van der Waals surface area contributed by atoms with E-state index in [9.17, 15) is 4.39 Å². The van der Waals surface area contributed by atoms with E-state index in [-0.39, 0.29) is 5.02 Å². The number of thiocarbonyl (C=S) groups is 1. The van der Waals surface area contributed by atoms with Crippen LogP contribution in [0.2, 0.25) is 5.02 Å². The van der Waals surface area contributed by atoms with Crippen LogP contribution in [0.5, 0.6) is 0 Å². The molecule has 0 spiro atoms. The highest BCUT2D eigenvalue weighted by molar-refractivity contribution is 7.80. The van der Waals surface area contributed by atoms with Crippen LogP contribution in [0.1, 0.15) is 39.5 Å². The summed E-state index contributed by atoms with van der Waals surface area (Å²) in [6, 6.07) is 4.46. The summed E-state index contributed by atoms with van der Waals surface area (Å²) in [5.74, 6) is 0.202. The summed E-state index contributed by atoms with van der Waals surface area (Å²) < 4.78 is 13.0. The largest absolute Gasteiger partial charge is 0.362 e. The zero-order chi connectivity index (χ0) is 15.0. The van der Waals surface area contributed by atoms with Crippen LogP contribution in [-0.2, 0) is 0 Å². The molecule has 1 aromatic carbocycles. The number of anilines is 1. The van der Waals surface area contributed by atoms with E-state index >= 15 is 0 Å². The molecule has 1 atom stereocenters. The van der Waals surface area contributed by atoms with Gasteiger partial charge in [-0.15, -0.1) is 0 Å². The van der Waals surface area contributed by atoms with Crippen molar-refractivity contribution in [2.24, 2.45) is 5.92 Å². The predicted molar refractivity (Wildman–Crippen MR) is 88.9 cm³/mol. The molecule has 1 rings (SSSR count). The van der Waals surface area contributed by atoms with Gasteiger partial charge in [0.2, 0.25) is 0 Å². The van der Waals surface area contributed by atoms with Crippen LogP contribution in [0.15, 0.2) is 18.2 Å². The molecule has 2 nitrogen and oxygen atoms in total. The summed E-state index contributed by atoms with van der Waals surface area (Å²) >= 11 is 11.0. The van der Waals surface area contributed by atoms with Crippen molar-refractivity contribution < 1.29 is 4.39 Å². The number of unbranched alkanes of at least 4 members (excludes halogenated alkanes) is 1. The molecule has 0 bridgehead atoms. The molecule has 0 aromatic heterocycles. The molecular weight excluding hydrogens is 295 g/mol. The molecule has 1 unspecified atom stereocenters. The first-order valence-electron chi connectivity index (χ1n) is 7.06. The highest BCUT2D eigenvalue weighted by atomic mass is 35.5. The minimum Gasteiger partial charge on any atom is -0.362 e. The fourth-order valence-electron chi connectivity index (χ4n) is 1.93. The van der Waals surface area contributed by atoms with E-state index in [0.717, 1.165) is 13.0 Å². The van der Waals surface area contributed by atoms with Crippen molar-refractivity contribution in [3.63, 3.8) is 0 Å². The maximum atomic E-state index is 13.0. The molecule has 0 saturated carbocycles. The number of rotatable bonds is 7. The summed E-state index contributed by atoms with van der Waals surface area (Å²) in [7, 11) is 0. The number of benzene rings is 1. The van der Waals surface area contributed by atoms with Gasteiger partial charge in [0.25, 0.3) is 0 Å². The minimum absolute atomic E-state index is 0.0900. The second kappa shape index (κ2) is 9.14. The lowest BCUT2D eigenvalue weighted by Crippen LogP contribution is -2.32. The van der Waals surface area contributed by atoms with Gasteiger partial charge in [-0.1, -0.05) is 44.7 Å². The first-order valence-corrected chi connectivity index (χ1v) is 7.85. The van der Waals surface area contributed by atoms with Crippen molar-refractivity contribution in [3.8, 4) is 0 Å². The Labute approximate surface area is 131 Å². The van der Waals surface area contributed by atoms with E-state index in [2.05, 4.69) is 24.5 Å². The lowest BCUT2D eigenvalue weighted by Gasteiger charge is -2.17. The van der Waals surface area contributed by atoms with Gasteiger partial charge in [0.15, 0.2) is 5.11 Å². The van der Waals surface area contributed by atoms with Crippen LogP contribution in [-0.4, -0.2) is 11.7 Å². The Bertz CT molecular complexity index is 440. The molecule has 5 heteroatoms. The van der Waals surface area contributed by atoms with Crippen molar-refractivity contribution in [3.05, 3.63) is 29.0 Å². The Kier molecular flexibility index (Phi) is 7.85. The summed E-state index contributed by atoms with van der Waals surface area (Å²) in [6.07, 6.45) is 4.81. The molecule has 0 amide bonds. The molecule has 0 heterocycles. The van der Waals surface area contributed by atoms with Gasteiger partial charge < -0.3 is 10.6 Å². The number of hydrogen-bond acceptors (Lipinski definition) is 1. The average Bonchev–Trinajstić information content (AvgIpc) is 2.43. The third-order valence-corrected chi connectivity index (χ3v) is 3.81. The van der Waals surface area contributed by atoms with E-state index in [0.29, 0.717) is 16.7 Å². The Morgan fingerprint density at radius 2 is 2.15 bits per heavy atom. The van der Waals surface area contributed by atoms with Gasteiger partial charge in [-0.05, 0) is 42.8 Å². The molecule has 0 radical (unpaired) electrons. The van der Waals surface area contributed by atoms with Gasteiger partial charge in [0.05, 0.1) is 5.02 Å². The van der Waals surface area contributed by atoms with Gasteiger partial charge in [0.1, 0.15) is 5.82 Å². The molecule has 1 aromatic rings. The van der Waals surface area contributed by atoms with Gasteiger partial charge in [0, 0.05) is 12.2 Å². The first-order chi connectivity index (χ1) is 9.56. The molecule has 0 aliphatic carbocycles. The van der Waals surface area contributed by atoms with Crippen molar-refractivity contribution in [1.82, 2.24) is 5.32 Å². The van der Waals surface area contributed by atoms with Crippen molar-refractivity contribution >= 4 is 34.6 Å². The van der Waals surface area contributed by atoms with Crippen LogP contribution in [0.25, 0.3) is 0 Å². The highest BCUT2D eigenvalue weighted by Gasteiger charge is 2.07. The summed E-state index contributed by atoms with van der Waals surface area (Å²) in [6.45, 7) is 5.25. The molecule has 0 fully saturated rings. The molecule has 2 N–H and O–H groups in total. The lowest BCUT2D eigenvalue weighted by atomic mass is 9.99. The summed E-state index contributed by atoms with van der Waals surface area (Å²) in [5, 5.41) is 6.86. The van der Waals surface area contributed by atoms with Gasteiger partial charge in [-0.2, -0.15) is 0 Å². The van der Waals surface area contributed by atoms with E-state index in [1.165, 1.54) is 31.4 Å². The van der Waals surface area contributed by atoms with E-state index in [1.807, 2.05) is 0 Å². The maximum absolute atomic E-state index is 13.0. The van der Waals surface area contributed by atoms with Gasteiger partial charge in [-0.3, -0.25) is 0 Å². The van der Waals surface area contributed by atoms with Crippen LogP contribution >= 0.6 is 23.8 Å². The second-order valence-corrected chi connectivity index (χ2v) is 5.70. The Hall–Kier alpha value is -0.870. The van der Waals surface area contributed by atoms with Gasteiger partial charge in [-0.25, -0.2) is 4.39 Å². The average molecular weight is 317 g/mol. The Balaban J connectivity index is 2.40. The molecule has 0 saturated heterocycles. The van der Waals surface area contributed by atoms with Crippen molar-refractivity contribution in [1.29, 1.82) is 0 Å². The van der Waals surface area contributed by atoms with E-state index in [4.69, 9.17) is 23.8 Å².